The van der Waals surface area contributed by atoms with Crippen LogP contribution in [0.3, 0.4) is 0 Å². The highest BCUT2D eigenvalue weighted by Crippen LogP contribution is 2.42. The number of nitrogens with one attached hydrogen (secondary N) is 1. The number of ether oxygens (including phenoxy) is 1. The van der Waals surface area contributed by atoms with E-state index in [1.165, 1.54) is 6.07 Å². The van der Waals surface area contributed by atoms with Gasteiger partial charge >= 0.3 is 5.97 Å². The van der Waals surface area contributed by atoms with Gasteiger partial charge in [0.2, 0.25) is 0 Å². The third-order valence-electron chi connectivity index (χ3n) is 3.81. The Kier molecular flexibility index (Phi) is 2.63. The molecule has 5 nitrogen and oxygen atoms in total. The zero-order valence-corrected chi connectivity index (χ0v) is 9.80. The SMILES string of the molecule is O=C(O)C1c2cc(O)ccc2NC2CCOCC21. The monoisotopic (exact) mass is 249 g/mol. The first kappa shape index (κ1) is 11.3. The van der Waals surface area contributed by atoms with Gasteiger partial charge in [0, 0.05) is 24.3 Å². The number of rotatable bonds is 1. The Balaban J connectivity index is 2.07. The van der Waals surface area contributed by atoms with Gasteiger partial charge in [0.15, 0.2) is 0 Å². The number of anilines is 1. The Labute approximate surface area is 104 Å². The van der Waals surface area contributed by atoms with Gasteiger partial charge < -0.3 is 20.3 Å². The van der Waals surface area contributed by atoms with Gasteiger partial charge in [-0.05, 0) is 30.2 Å². The van der Waals surface area contributed by atoms with Gasteiger partial charge in [-0.3, -0.25) is 4.79 Å². The molecule has 3 atom stereocenters. The highest BCUT2D eigenvalue weighted by molar-refractivity contribution is 5.81. The van der Waals surface area contributed by atoms with Crippen molar-refractivity contribution < 1.29 is 19.7 Å². The lowest BCUT2D eigenvalue weighted by molar-refractivity contribution is -0.142. The van der Waals surface area contributed by atoms with Crippen molar-refractivity contribution in [3.05, 3.63) is 23.8 Å². The molecular weight excluding hydrogens is 234 g/mol. The summed E-state index contributed by atoms with van der Waals surface area (Å²) in [5.41, 5.74) is 1.46. The molecule has 0 saturated carbocycles. The molecule has 0 bridgehead atoms. The van der Waals surface area contributed by atoms with Crippen LogP contribution in [0.2, 0.25) is 0 Å². The van der Waals surface area contributed by atoms with E-state index in [0.717, 1.165) is 12.1 Å². The highest BCUT2D eigenvalue weighted by atomic mass is 16.5. The first-order valence-corrected chi connectivity index (χ1v) is 6.07. The molecule has 5 heteroatoms. The molecular formula is C13H15NO4. The summed E-state index contributed by atoms with van der Waals surface area (Å²) in [7, 11) is 0. The molecule has 2 heterocycles. The fourth-order valence-corrected chi connectivity index (χ4v) is 2.95. The number of aromatic hydroxyl groups is 1. The number of hydrogen-bond acceptors (Lipinski definition) is 4. The molecule has 0 amide bonds. The number of carbonyl (C=O) groups is 1. The summed E-state index contributed by atoms with van der Waals surface area (Å²) in [6.07, 6.45) is 0.814. The van der Waals surface area contributed by atoms with Crippen molar-refractivity contribution in [2.24, 2.45) is 5.92 Å². The van der Waals surface area contributed by atoms with E-state index < -0.39 is 11.9 Å². The van der Waals surface area contributed by atoms with Crippen molar-refractivity contribution in [2.45, 2.75) is 18.4 Å². The zero-order chi connectivity index (χ0) is 12.7. The number of hydrogen-bond donors (Lipinski definition) is 3. The smallest absolute Gasteiger partial charge is 0.311 e. The lowest BCUT2D eigenvalue weighted by Gasteiger charge is -2.41. The fourth-order valence-electron chi connectivity index (χ4n) is 2.95. The quantitative estimate of drug-likeness (QED) is 0.655. The maximum atomic E-state index is 11.5. The molecule has 1 saturated heterocycles. The summed E-state index contributed by atoms with van der Waals surface area (Å²) in [4.78, 5) is 11.5. The van der Waals surface area contributed by atoms with E-state index in [-0.39, 0.29) is 17.7 Å². The first-order chi connectivity index (χ1) is 8.66. The number of phenolic OH excluding ortho intramolecular Hbond substituents is 1. The average molecular weight is 249 g/mol. The Morgan fingerprint density at radius 3 is 3.06 bits per heavy atom. The van der Waals surface area contributed by atoms with Gasteiger partial charge in [-0.25, -0.2) is 0 Å². The van der Waals surface area contributed by atoms with Crippen molar-refractivity contribution in [3.8, 4) is 5.75 Å². The standard InChI is InChI=1S/C13H15NO4/c15-7-1-2-10-8(5-7)12(13(16)17)9-6-18-4-3-11(9)14-10/h1-2,5,9,11-12,14-15H,3-4,6H2,(H,16,17). The summed E-state index contributed by atoms with van der Waals surface area (Å²) in [6.45, 7) is 1.11. The molecule has 3 N–H and O–H groups in total. The number of carboxylic acids is 1. The molecule has 1 aromatic carbocycles. The van der Waals surface area contributed by atoms with E-state index in [4.69, 9.17) is 4.74 Å². The van der Waals surface area contributed by atoms with Crippen LogP contribution < -0.4 is 5.32 Å². The molecule has 2 aliphatic heterocycles. The summed E-state index contributed by atoms with van der Waals surface area (Å²) in [6, 6.07) is 4.99. The van der Waals surface area contributed by atoms with Gasteiger partial charge in [-0.2, -0.15) is 0 Å². The lowest BCUT2D eigenvalue weighted by Crippen LogP contribution is -2.46. The molecule has 0 spiro atoms. The molecule has 3 rings (SSSR count). The van der Waals surface area contributed by atoms with Gasteiger partial charge in [-0.15, -0.1) is 0 Å². The molecule has 0 radical (unpaired) electrons. The predicted molar refractivity (Wildman–Crippen MR) is 64.8 cm³/mol. The Morgan fingerprint density at radius 2 is 2.28 bits per heavy atom. The summed E-state index contributed by atoms with van der Waals surface area (Å²) < 4.78 is 5.40. The Morgan fingerprint density at radius 1 is 1.44 bits per heavy atom. The molecule has 0 aromatic heterocycles. The van der Waals surface area contributed by atoms with E-state index in [1.54, 1.807) is 12.1 Å². The van der Waals surface area contributed by atoms with Crippen molar-refractivity contribution >= 4 is 11.7 Å². The molecule has 0 aliphatic carbocycles. The third kappa shape index (κ3) is 1.71. The van der Waals surface area contributed by atoms with Crippen LogP contribution in [0.25, 0.3) is 0 Å². The lowest BCUT2D eigenvalue weighted by atomic mass is 9.76. The summed E-state index contributed by atoms with van der Waals surface area (Å²) >= 11 is 0. The zero-order valence-electron chi connectivity index (χ0n) is 9.80. The Hall–Kier alpha value is -1.75. The number of aliphatic carboxylic acids is 1. The minimum absolute atomic E-state index is 0.0782. The number of phenols is 1. The number of carboxylic acid groups (broad SMARTS) is 1. The fraction of sp³-hybridized carbons (Fsp3) is 0.462. The molecule has 1 fully saturated rings. The molecule has 2 aliphatic rings. The van der Waals surface area contributed by atoms with Crippen molar-refractivity contribution in [1.29, 1.82) is 0 Å². The first-order valence-electron chi connectivity index (χ1n) is 6.07. The molecule has 18 heavy (non-hydrogen) atoms. The number of benzene rings is 1. The van der Waals surface area contributed by atoms with Crippen LogP contribution in [-0.4, -0.2) is 35.4 Å². The van der Waals surface area contributed by atoms with Crippen LogP contribution in [-0.2, 0) is 9.53 Å². The second-order valence-electron chi connectivity index (χ2n) is 4.87. The van der Waals surface area contributed by atoms with E-state index in [2.05, 4.69) is 5.32 Å². The van der Waals surface area contributed by atoms with Gasteiger partial charge in [-0.1, -0.05) is 0 Å². The van der Waals surface area contributed by atoms with E-state index >= 15 is 0 Å². The molecule has 1 aromatic rings. The molecule has 96 valence electrons. The van der Waals surface area contributed by atoms with Gasteiger partial charge in [0.1, 0.15) is 5.75 Å². The second-order valence-corrected chi connectivity index (χ2v) is 4.87. The predicted octanol–water partition coefficient (Wildman–Crippen LogP) is 1.39. The van der Waals surface area contributed by atoms with Crippen molar-refractivity contribution in [3.63, 3.8) is 0 Å². The molecule has 3 unspecified atom stereocenters. The number of fused-ring (bicyclic) bond motifs is 2. The van der Waals surface area contributed by atoms with Gasteiger partial charge in [0.05, 0.1) is 12.5 Å². The van der Waals surface area contributed by atoms with E-state index in [1.807, 2.05) is 0 Å². The minimum Gasteiger partial charge on any atom is -0.508 e. The van der Waals surface area contributed by atoms with Crippen LogP contribution in [0.5, 0.6) is 5.75 Å². The van der Waals surface area contributed by atoms with Crippen molar-refractivity contribution in [2.75, 3.05) is 18.5 Å². The normalized spacial score (nSPS) is 29.9. The maximum absolute atomic E-state index is 11.5. The largest absolute Gasteiger partial charge is 0.508 e. The van der Waals surface area contributed by atoms with Crippen LogP contribution >= 0.6 is 0 Å². The van der Waals surface area contributed by atoms with Crippen molar-refractivity contribution in [1.82, 2.24) is 0 Å². The summed E-state index contributed by atoms with van der Waals surface area (Å²) in [5, 5.41) is 22.3. The average Bonchev–Trinajstić information content (AvgIpc) is 2.35. The second kappa shape index (κ2) is 4.17. The highest BCUT2D eigenvalue weighted by Gasteiger charge is 2.42. The van der Waals surface area contributed by atoms with Gasteiger partial charge in [0.25, 0.3) is 0 Å². The Bertz CT molecular complexity index is 488. The topological polar surface area (TPSA) is 78.8 Å². The summed E-state index contributed by atoms with van der Waals surface area (Å²) in [5.74, 6) is -1.45. The maximum Gasteiger partial charge on any atom is 0.311 e. The van der Waals surface area contributed by atoms with Crippen LogP contribution in [0.15, 0.2) is 18.2 Å². The van der Waals surface area contributed by atoms with Crippen LogP contribution in [0, 0.1) is 5.92 Å². The van der Waals surface area contributed by atoms with E-state index in [0.29, 0.717) is 18.8 Å². The third-order valence-corrected chi connectivity index (χ3v) is 3.81. The minimum atomic E-state index is -0.858. The van der Waals surface area contributed by atoms with E-state index in [9.17, 15) is 15.0 Å². The van der Waals surface area contributed by atoms with Crippen LogP contribution in [0.4, 0.5) is 5.69 Å². The van der Waals surface area contributed by atoms with Crippen LogP contribution in [0.1, 0.15) is 17.9 Å².